The van der Waals surface area contributed by atoms with E-state index in [0.717, 1.165) is 17.2 Å². The van der Waals surface area contributed by atoms with Gasteiger partial charge < -0.3 is 62.4 Å². The lowest BCUT2D eigenvalue weighted by Crippen LogP contribution is -2.46. The molecule has 3 heterocycles. The third-order valence-electron chi connectivity index (χ3n) is 6.86. The van der Waals surface area contributed by atoms with Crippen LogP contribution in [0.4, 0.5) is 5.82 Å². The third kappa shape index (κ3) is 15.7. The van der Waals surface area contributed by atoms with Crippen LogP contribution in [0.15, 0.2) is 12.7 Å². The highest BCUT2D eigenvalue weighted by Crippen LogP contribution is 2.61. The van der Waals surface area contributed by atoms with Crippen molar-refractivity contribution < 1.29 is 85.3 Å². The highest BCUT2D eigenvalue weighted by molar-refractivity contribution is 7.80. The minimum absolute atomic E-state index is 0.0363. The van der Waals surface area contributed by atoms with E-state index in [9.17, 15) is 62.7 Å². The highest BCUT2D eigenvalue weighted by Gasteiger charge is 2.50. The van der Waals surface area contributed by atoms with Gasteiger partial charge >= 0.3 is 23.5 Å². The van der Waals surface area contributed by atoms with E-state index < -0.39 is 90.5 Å². The fourth-order valence-electron chi connectivity index (χ4n) is 4.31. The number of rotatable bonds is 20. The number of aliphatic hydroxyl groups excluding tert-OH is 2. The Balaban J connectivity index is 0.00000136. The molecule has 1 aliphatic rings. The minimum atomic E-state index is -5.54. The van der Waals surface area contributed by atoms with Crippen molar-refractivity contribution in [3.05, 3.63) is 12.7 Å². The van der Waals surface area contributed by atoms with Crippen LogP contribution in [0.25, 0.3) is 11.2 Å². The van der Waals surface area contributed by atoms with Gasteiger partial charge in [0.1, 0.15) is 42.7 Å². The summed E-state index contributed by atoms with van der Waals surface area (Å²) in [6, 6.07) is 0. The summed E-state index contributed by atoms with van der Waals surface area (Å²) < 4.78 is 61.7. The first-order chi connectivity index (χ1) is 25.3. The van der Waals surface area contributed by atoms with Crippen molar-refractivity contribution in [2.75, 3.05) is 37.8 Å². The second kappa shape index (κ2) is 20.3. The molecule has 2 unspecified atom stereocenters. The smallest absolute Gasteiger partial charge is 0.386 e. The number of nitrogens with one attached hydrogen (secondary N) is 2. The number of nitrogen functional groups attached to an aromatic ring is 1. The van der Waals surface area contributed by atoms with Gasteiger partial charge in [0.15, 0.2) is 17.7 Å². The third-order valence-corrected chi connectivity index (χ3v) is 10.2. The van der Waals surface area contributed by atoms with Crippen LogP contribution in [0, 0.1) is 5.41 Å². The number of carbonyl (C=O) groups excluding carboxylic acids is 4. The molecular weight excluding hydrogens is 827 g/mol. The van der Waals surface area contributed by atoms with Gasteiger partial charge in [0, 0.05) is 30.7 Å². The number of carbonyl (C=O) groups is 4. The Morgan fingerprint density at radius 1 is 1.02 bits per heavy atom. The molecule has 7 atom stereocenters. The maximum atomic E-state index is 12.6. The second-order valence-electron chi connectivity index (χ2n) is 11.9. The molecule has 0 saturated carbocycles. The van der Waals surface area contributed by atoms with Crippen molar-refractivity contribution in [2.24, 2.45) is 16.9 Å². The maximum absolute atomic E-state index is 12.6. The second-order valence-corrected chi connectivity index (χ2v) is 16.6. The average molecular weight is 870 g/mol. The van der Waals surface area contributed by atoms with Gasteiger partial charge in [-0.15, -0.1) is 0 Å². The number of nitrogens with zero attached hydrogens (tertiary/aromatic N) is 4. The van der Waals surface area contributed by atoms with E-state index in [2.05, 4.69) is 58.5 Å². The lowest BCUT2D eigenvalue weighted by molar-refractivity contribution is -0.137. The lowest BCUT2D eigenvalue weighted by Gasteiger charge is -2.30. The molecule has 55 heavy (non-hydrogen) atoms. The number of imidazole rings is 1. The SMILES string of the molecule is CC(C)(COP(=O)(O)OP(=O)(O)OC[C@H]1O[C@@H](n2cnc3c(N)ncnc32)[C@H](O)[C@@H]1OP(=O)(O)O)[C@@H](O)C(=O)NCCC(=O)NCCS.NC(=O)CC(N)=O. The molecule has 2 aromatic heterocycles. The molecule has 0 radical (unpaired) electrons. The quantitative estimate of drug-likeness (QED) is 0.0352. The monoisotopic (exact) mass is 869 g/mol. The zero-order valence-corrected chi connectivity index (χ0v) is 32.5. The van der Waals surface area contributed by atoms with Crippen LogP contribution in [0.5, 0.6) is 0 Å². The molecule has 0 aromatic carbocycles. The Bertz CT molecular complexity index is 1800. The normalized spacial score (nSPS) is 21.4. The van der Waals surface area contributed by atoms with Crippen molar-refractivity contribution in [3.8, 4) is 0 Å². The number of anilines is 1. The molecule has 0 spiro atoms. The summed E-state index contributed by atoms with van der Waals surface area (Å²) in [7, 11) is -16.3. The number of primary amides is 2. The maximum Gasteiger partial charge on any atom is 0.481 e. The number of phosphoric ester groups is 3. The fraction of sp³-hybridized carbons (Fsp3) is 0.625. The fourth-order valence-corrected chi connectivity index (χ4v) is 7.25. The number of hydrogen-bond donors (Lipinski definition) is 12. The van der Waals surface area contributed by atoms with Gasteiger partial charge in [-0.1, -0.05) is 13.8 Å². The number of fused-ring (bicyclic) bond motifs is 1. The zero-order valence-electron chi connectivity index (χ0n) is 28.9. The molecule has 31 heteroatoms. The summed E-state index contributed by atoms with van der Waals surface area (Å²) >= 11 is 3.95. The van der Waals surface area contributed by atoms with Crippen LogP contribution in [0.1, 0.15) is 32.9 Å². The zero-order chi connectivity index (χ0) is 41.9. The van der Waals surface area contributed by atoms with E-state index >= 15 is 0 Å². The molecule has 1 fully saturated rings. The van der Waals surface area contributed by atoms with Crippen LogP contribution in [-0.4, -0.2) is 129 Å². The number of nitrogens with two attached hydrogens (primary N) is 3. The molecule has 0 aliphatic carbocycles. The number of aliphatic hydroxyl groups is 2. The number of amides is 4. The highest BCUT2D eigenvalue weighted by atomic mass is 32.1. The molecule has 1 aliphatic heterocycles. The Kier molecular flexibility index (Phi) is 17.7. The van der Waals surface area contributed by atoms with E-state index in [-0.39, 0.29) is 42.3 Å². The number of thiol groups is 1. The van der Waals surface area contributed by atoms with Crippen LogP contribution in [0.3, 0.4) is 0 Å². The number of aromatic nitrogens is 4. The van der Waals surface area contributed by atoms with E-state index in [1.54, 1.807) is 0 Å². The number of hydrogen-bond acceptors (Lipinski definition) is 19. The molecule has 312 valence electrons. The minimum Gasteiger partial charge on any atom is -0.386 e. The van der Waals surface area contributed by atoms with E-state index in [1.165, 1.54) is 13.8 Å². The van der Waals surface area contributed by atoms with Gasteiger partial charge in [0.05, 0.1) is 19.5 Å². The Morgan fingerprint density at radius 3 is 2.20 bits per heavy atom. The predicted octanol–water partition coefficient (Wildman–Crippen LogP) is -3.32. The lowest BCUT2D eigenvalue weighted by atomic mass is 9.87. The van der Waals surface area contributed by atoms with Crippen molar-refractivity contribution in [3.63, 3.8) is 0 Å². The van der Waals surface area contributed by atoms with Crippen LogP contribution in [0.2, 0.25) is 0 Å². The number of phosphoric acid groups is 3. The van der Waals surface area contributed by atoms with Crippen molar-refractivity contribution in [1.82, 2.24) is 30.2 Å². The summed E-state index contributed by atoms with van der Waals surface area (Å²) in [5.41, 5.74) is 13.4. The topological polar surface area (TPSA) is 433 Å². The molecule has 14 N–H and O–H groups in total. The van der Waals surface area contributed by atoms with Crippen molar-refractivity contribution in [1.29, 1.82) is 0 Å². The largest absolute Gasteiger partial charge is 0.481 e. The summed E-state index contributed by atoms with van der Waals surface area (Å²) in [5.74, 6) is -2.32. The molecule has 27 nitrogen and oxygen atoms in total. The standard InChI is InChI=1S/C21H36N7O16P3S.C3H6N2O2/c1-21(2,16(31)19(32)24-4-3-12(29)23-5-6-48)8-41-47(38,39)44-46(36,37)40-7-11-15(43-45(33,34)35)14(30)20(42-11)28-10-27-13-17(22)25-9-26-18(13)28;4-2(6)1-3(5)7/h9-11,14-16,20,30-31,48H,3-8H2,1-2H3,(H,23,29)(H,24,32)(H,36,37)(H,38,39)(H2,22,25,26)(H2,33,34,35);1H2,(H2,4,6)(H2,5,7)/t11-,14-,15-,16+,20-;/m1./s1. The molecular formula is C24H42N9O18P3S. The molecule has 3 rings (SSSR count). The summed E-state index contributed by atoms with van der Waals surface area (Å²) in [6.45, 7) is 0.723. The van der Waals surface area contributed by atoms with Gasteiger partial charge in [-0.25, -0.2) is 28.6 Å². The van der Waals surface area contributed by atoms with Gasteiger partial charge in [0.25, 0.3) is 0 Å². The van der Waals surface area contributed by atoms with Crippen molar-refractivity contribution in [2.45, 2.75) is 57.3 Å². The first-order valence-corrected chi connectivity index (χ1v) is 20.5. The molecule has 0 bridgehead atoms. The van der Waals surface area contributed by atoms with E-state index in [1.807, 2.05) is 0 Å². The van der Waals surface area contributed by atoms with Gasteiger partial charge in [-0.2, -0.15) is 16.9 Å². The summed E-state index contributed by atoms with van der Waals surface area (Å²) in [6.07, 6.45) is -7.10. The first kappa shape index (κ1) is 48.0. The van der Waals surface area contributed by atoms with Crippen LogP contribution >= 0.6 is 36.1 Å². The van der Waals surface area contributed by atoms with E-state index in [4.69, 9.17) is 19.5 Å². The van der Waals surface area contributed by atoms with Crippen LogP contribution in [-0.2, 0) is 55.5 Å². The van der Waals surface area contributed by atoms with Gasteiger partial charge in [0.2, 0.25) is 23.6 Å². The molecule has 2 aromatic rings. The van der Waals surface area contributed by atoms with Gasteiger partial charge in [-0.05, 0) is 0 Å². The Hall–Kier alpha value is -3.17. The summed E-state index contributed by atoms with van der Waals surface area (Å²) in [4.78, 5) is 94.1. The number of ether oxygens (including phenoxy) is 1. The van der Waals surface area contributed by atoms with Gasteiger partial charge in [-0.3, -0.25) is 37.3 Å². The predicted molar refractivity (Wildman–Crippen MR) is 186 cm³/mol. The Morgan fingerprint density at radius 2 is 1.64 bits per heavy atom. The van der Waals surface area contributed by atoms with E-state index in [0.29, 0.717) is 12.3 Å². The Labute approximate surface area is 316 Å². The van der Waals surface area contributed by atoms with Crippen LogP contribution < -0.4 is 27.8 Å². The molecule has 1 saturated heterocycles. The first-order valence-electron chi connectivity index (χ1n) is 15.4. The average Bonchev–Trinajstić information content (AvgIpc) is 3.61. The molecule has 4 amide bonds. The summed E-state index contributed by atoms with van der Waals surface area (Å²) in [5, 5.41) is 26.1. The van der Waals surface area contributed by atoms with Crippen molar-refractivity contribution >= 4 is 76.7 Å².